The van der Waals surface area contributed by atoms with Gasteiger partial charge in [-0.25, -0.2) is 0 Å². The molecule has 2 atom stereocenters. The van der Waals surface area contributed by atoms with Gasteiger partial charge in [0, 0.05) is 25.7 Å². The molecule has 2 aliphatic rings. The lowest BCUT2D eigenvalue weighted by molar-refractivity contribution is -0.141. The van der Waals surface area contributed by atoms with E-state index in [4.69, 9.17) is 5.11 Å². The van der Waals surface area contributed by atoms with Crippen LogP contribution in [-0.2, 0) is 22.7 Å². The van der Waals surface area contributed by atoms with Gasteiger partial charge in [0.15, 0.2) is 0 Å². The minimum atomic E-state index is -0.825. The molecule has 6 heteroatoms. The van der Waals surface area contributed by atoms with Crippen LogP contribution in [0.3, 0.4) is 0 Å². The Kier molecular flexibility index (Phi) is 4.13. The number of likely N-dealkylation sites (N-methyl/N-ethyl adjacent to an activating group) is 1. The van der Waals surface area contributed by atoms with E-state index in [2.05, 4.69) is 22.3 Å². The molecule has 1 saturated heterocycles. The number of amides is 1. The van der Waals surface area contributed by atoms with Crippen LogP contribution in [0.5, 0.6) is 0 Å². The number of nitrogens with zero attached hydrogens (tertiary/aromatic N) is 2. The molecular weight excluding hydrogens is 282 g/mol. The number of hydrogen-bond acceptors (Lipinski definition) is 4. The van der Waals surface area contributed by atoms with E-state index >= 15 is 0 Å². The third-order valence-electron chi connectivity index (χ3n) is 4.47. The topological polar surface area (TPSA) is 72.9 Å². The summed E-state index contributed by atoms with van der Waals surface area (Å²) in [5, 5.41) is 12.1. The average Bonchev–Trinajstić information content (AvgIpc) is 3.01. The maximum Gasteiger partial charge on any atom is 0.320 e. The quantitative estimate of drug-likeness (QED) is 0.836. The SMILES string of the molecule is CN1C[C@@H](NC(=O)CN2Cc3ccccc3C2)C[C@H]1C(=O)O. The van der Waals surface area contributed by atoms with Crippen molar-refractivity contribution in [2.24, 2.45) is 0 Å². The van der Waals surface area contributed by atoms with Crippen molar-refractivity contribution in [3.8, 4) is 0 Å². The Labute approximate surface area is 129 Å². The predicted octanol–water partition coefficient (Wildman–Crippen LogP) is 0.276. The van der Waals surface area contributed by atoms with E-state index in [-0.39, 0.29) is 11.9 Å². The molecule has 2 N–H and O–H groups in total. The molecule has 3 rings (SSSR count). The highest BCUT2D eigenvalue weighted by Crippen LogP contribution is 2.22. The third kappa shape index (κ3) is 3.13. The van der Waals surface area contributed by atoms with Crippen molar-refractivity contribution in [3.05, 3.63) is 35.4 Å². The van der Waals surface area contributed by atoms with Gasteiger partial charge in [-0.1, -0.05) is 24.3 Å². The Morgan fingerprint density at radius 2 is 1.91 bits per heavy atom. The third-order valence-corrected chi connectivity index (χ3v) is 4.47. The Bertz CT molecular complexity index is 565. The van der Waals surface area contributed by atoms with Crippen LogP contribution in [0.4, 0.5) is 0 Å². The van der Waals surface area contributed by atoms with E-state index in [1.54, 1.807) is 11.9 Å². The molecule has 1 aromatic rings. The van der Waals surface area contributed by atoms with Crippen LogP contribution >= 0.6 is 0 Å². The molecule has 22 heavy (non-hydrogen) atoms. The first-order valence-corrected chi connectivity index (χ1v) is 7.54. The highest BCUT2D eigenvalue weighted by molar-refractivity contribution is 5.79. The fourth-order valence-electron chi connectivity index (χ4n) is 3.38. The maximum absolute atomic E-state index is 12.2. The molecule has 0 spiro atoms. The van der Waals surface area contributed by atoms with Gasteiger partial charge in [0.1, 0.15) is 6.04 Å². The van der Waals surface area contributed by atoms with Crippen molar-refractivity contribution in [1.29, 1.82) is 0 Å². The Morgan fingerprint density at radius 1 is 1.27 bits per heavy atom. The van der Waals surface area contributed by atoms with Crippen LogP contribution in [0, 0.1) is 0 Å². The second kappa shape index (κ2) is 6.06. The molecule has 6 nitrogen and oxygen atoms in total. The van der Waals surface area contributed by atoms with Gasteiger partial charge in [-0.2, -0.15) is 0 Å². The number of carbonyl (C=O) groups excluding carboxylic acids is 1. The standard InChI is InChI=1S/C16H21N3O3/c1-18-9-13(6-14(18)16(21)22)17-15(20)10-19-7-11-4-2-3-5-12(11)8-19/h2-5,13-14H,6-10H2,1H3,(H,17,20)(H,21,22)/t13-,14-/m0/s1. The fraction of sp³-hybridized carbons (Fsp3) is 0.500. The second-order valence-electron chi connectivity index (χ2n) is 6.21. The molecular formula is C16H21N3O3. The first-order valence-electron chi connectivity index (χ1n) is 7.54. The van der Waals surface area contributed by atoms with E-state index in [1.165, 1.54) is 11.1 Å². The zero-order valence-electron chi connectivity index (χ0n) is 12.7. The summed E-state index contributed by atoms with van der Waals surface area (Å²) in [4.78, 5) is 27.1. The number of fused-ring (bicyclic) bond motifs is 1. The lowest BCUT2D eigenvalue weighted by Gasteiger charge is -2.17. The van der Waals surface area contributed by atoms with Crippen LogP contribution in [0.2, 0.25) is 0 Å². The van der Waals surface area contributed by atoms with E-state index < -0.39 is 12.0 Å². The summed E-state index contributed by atoms with van der Waals surface area (Å²) >= 11 is 0. The number of nitrogens with one attached hydrogen (secondary N) is 1. The largest absolute Gasteiger partial charge is 0.480 e. The second-order valence-corrected chi connectivity index (χ2v) is 6.21. The number of carboxylic acid groups (broad SMARTS) is 1. The van der Waals surface area contributed by atoms with Gasteiger partial charge in [0.25, 0.3) is 0 Å². The van der Waals surface area contributed by atoms with Gasteiger partial charge in [-0.15, -0.1) is 0 Å². The van der Waals surface area contributed by atoms with Crippen molar-refractivity contribution in [3.63, 3.8) is 0 Å². The molecule has 0 saturated carbocycles. The number of rotatable bonds is 4. The zero-order valence-corrected chi connectivity index (χ0v) is 12.7. The predicted molar refractivity (Wildman–Crippen MR) is 81.2 cm³/mol. The summed E-state index contributed by atoms with van der Waals surface area (Å²) in [6.45, 7) is 2.54. The zero-order chi connectivity index (χ0) is 15.7. The molecule has 0 aromatic heterocycles. The monoisotopic (exact) mass is 303 g/mol. The fourth-order valence-corrected chi connectivity index (χ4v) is 3.38. The van der Waals surface area contributed by atoms with Gasteiger partial charge < -0.3 is 10.4 Å². The number of carboxylic acids is 1. The highest BCUT2D eigenvalue weighted by atomic mass is 16.4. The van der Waals surface area contributed by atoms with E-state index in [0.717, 1.165) is 13.1 Å². The number of aliphatic carboxylic acids is 1. The molecule has 2 heterocycles. The first kappa shape index (κ1) is 15.0. The number of likely N-dealkylation sites (tertiary alicyclic amines) is 1. The molecule has 0 bridgehead atoms. The van der Waals surface area contributed by atoms with Crippen LogP contribution < -0.4 is 5.32 Å². The van der Waals surface area contributed by atoms with Crippen molar-refractivity contribution in [2.75, 3.05) is 20.1 Å². The van der Waals surface area contributed by atoms with Crippen LogP contribution in [0.15, 0.2) is 24.3 Å². The first-order chi connectivity index (χ1) is 10.5. The van der Waals surface area contributed by atoms with Gasteiger partial charge >= 0.3 is 5.97 Å². The Balaban J connectivity index is 1.49. The number of hydrogen-bond donors (Lipinski definition) is 2. The lowest BCUT2D eigenvalue weighted by Crippen LogP contribution is -2.41. The Hall–Kier alpha value is -1.92. The minimum Gasteiger partial charge on any atom is -0.480 e. The molecule has 0 radical (unpaired) electrons. The summed E-state index contributed by atoms with van der Waals surface area (Å²) in [5.41, 5.74) is 2.56. The Morgan fingerprint density at radius 3 is 2.45 bits per heavy atom. The summed E-state index contributed by atoms with van der Waals surface area (Å²) < 4.78 is 0. The molecule has 0 aliphatic carbocycles. The van der Waals surface area contributed by atoms with E-state index in [0.29, 0.717) is 19.5 Å². The minimum absolute atomic E-state index is 0.0303. The molecule has 1 fully saturated rings. The number of benzene rings is 1. The molecule has 118 valence electrons. The van der Waals surface area contributed by atoms with E-state index in [9.17, 15) is 9.59 Å². The highest BCUT2D eigenvalue weighted by Gasteiger charge is 2.35. The van der Waals surface area contributed by atoms with Crippen LogP contribution in [-0.4, -0.2) is 59.0 Å². The van der Waals surface area contributed by atoms with Crippen molar-refractivity contribution >= 4 is 11.9 Å². The van der Waals surface area contributed by atoms with Gasteiger partial charge in [0.2, 0.25) is 5.91 Å². The lowest BCUT2D eigenvalue weighted by atomic mass is 10.1. The number of carbonyl (C=O) groups is 2. The van der Waals surface area contributed by atoms with Crippen molar-refractivity contribution < 1.29 is 14.7 Å². The van der Waals surface area contributed by atoms with Gasteiger partial charge in [0.05, 0.1) is 6.54 Å². The van der Waals surface area contributed by atoms with Crippen molar-refractivity contribution in [1.82, 2.24) is 15.1 Å². The molecule has 0 unspecified atom stereocenters. The normalized spacial score (nSPS) is 25.1. The molecule has 1 aromatic carbocycles. The van der Waals surface area contributed by atoms with E-state index in [1.807, 2.05) is 12.1 Å². The van der Waals surface area contributed by atoms with Gasteiger partial charge in [-0.3, -0.25) is 19.4 Å². The van der Waals surface area contributed by atoms with Crippen LogP contribution in [0.25, 0.3) is 0 Å². The summed E-state index contributed by atoms with van der Waals surface area (Å²) in [6.07, 6.45) is 0.470. The molecule has 2 aliphatic heterocycles. The van der Waals surface area contributed by atoms with Gasteiger partial charge in [-0.05, 0) is 24.6 Å². The average molecular weight is 303 g/mol. The smallest absolute Gasteiger partial charge is 0.320 e. The maximum atomic E-state index is 12.2. The van der Waals surface area contributed by atoms with Crippen molar-refractivity contribution in [2.45, 2.75) is 31.6 Å². The summed E-state index contributed by atoms with van der Waals surface area (Å²) in [6, 6.07) is 7.64. The molecule has 1 amide bonds. The van der Waals surface area contributed by atoms with Crippen LogP contribution in [0.1, 0.15) is 17.5 Å². The summed E-state index contributed by atoms with van der Waals surface area (Å²) in [7, 11) is 1.78. The summed E-state index contributed by atoms with van der Waals surface area (Å²) in [5.74, 6) is -0.855.